The molecule has 5 aromatic rings. The Morgan fingerprint density at radius 3 is 2.56 bits per heavy atom. The summed E-state index contributed by atoms with van der Waals surface area (Å²) in [6, 6.07) is 24.6. The second-order valence-electron chi connectivity index (χ2n) is 7.66. The number of fused-ring (bicyclic) bond motifs is 3. The van der Waals surface area contributed by atoms with Gasteiger partial charge in [-0.1, -0.05) is 77.7 Å². The van der Waals surface area contributed by atoms with E-state index in [1.165, 1.54) is 11.8 Å². The lowest BCUT2D eigenvalue weighted by Gasteiger charge is -2.16. The highest BCUT2D eigenvalue weighted by atomic mass is 32.2. The number of amides is 2. The number of para-hydroxylation sites is 2. The highest BCUT2D eigenvalue weighted by Crippen LogP contribution is 2.29. The smallest absolute Gasteiger partial charge is 0.253 e. The number of aromatic nitrogens is 3. The first kappa shape index (κ1) is 22.1. The Morgan fingerprint density at radius 2 is 1.71 bits per heavy atom. The zero-order valence-corrected chi connectivity index (χ0v) is 19.9. The molecule has 5 rings (SSSR count). The van der Waals surface area contributed by atoms with Crippen molar-refractivity contribution < 1.29 is 9.59 Å². The highest BCUT2D eigenvalue weighted by molar-refractivity contribution is 7.99. The van der Waals surface area contributed by atoms with Gasteiger partial charge in [-0.15, -0.1) is 10.2 Å². The summed E-state index contributed by atoms with van der Waals surface area (Å²) in [7, 11) is 0. The molecule has 0 aliphatic heterocycles. The van der Waals surface area contributed by atoms with Crippen molar-refractivity contribution in [2.75, 3.05) is 11.1 Å². The van der Waals surface area contributed by atoms with Gasteiger partial charge >= 0.3 is 0 Å². The number of rotatable bonds is 7. The summed E-state index contributed by atoms with van der Waals surface area (Å²) in [5, 5.41) is 15.0. The molecule has 0 spiro atoms. The van der Waals surface area contributed by atoms with Crippen LogP contribution in [0.5, 0.6) is 0 Å². The Kier molecular flexibility index (Phi) is 6.29. The molecule has 2 amide bonds. The largest absolute Gasteiger partial charge is 0.345 e. The molecule has 1 unspecified atom stereocenters. The number of carbonyl (C=O) groups is 2. The third-order valence-electron chi connectivity index (χ3n) is 5.34. The molecule has 170 valence electrons. The first-order chi connectivity index (χ1) is 16.6. The van der Waals surface area contributed by atoms with Gasteiger partial charge in [0.1, 0.15) is 0 Å². The summed E-state index contributed by atoms with van der Waals surface area (Å²) < 4.78 is 3.08. The van der Waals surface area contributed by atoms with Gasteiger partial charge in [0, 0.05) is 0 Å². The van der Waals surface area contributed by atoms with E-state index in [0.717, 1.165) is 20.7 Å². The number of thiazole rings is 1. The van der Waals surface area contributed by atoms with E-state index in [0.29, 0.717) is 16.4 Å². The average Bonchev–Trinajstić information content (AvgIpc) is 3.43. The van der Waals surface area contributed by atoms with Crippen LogP contribution in [0.15, 0.2) is 84.0 Å². The minimum atomic E-state index is -0.246. The second-order valence-corrected chi connectivity index (χ2v) is 9.61. The molecule has 2 heterocycles. The van der Waals surface area contributed by atoms with Crippen LogP contribution in [-0.4, -0.2) is 32.2 Å². The Labute approximate surface area is 204 Å². The van der Waals surface area contributed by atoms with E-state index >= 15 is 0 Å². The number of hydrogen-bond donors (Lipinski definition) is 2. The normalized spacial score (nSPS) is 12.0. The predicted molar refractivity (Wildman–Crippen MR) is 136 cm³/mol. The molecule has 2 N–H and O–H groups in total. The average molecular weight is 488 g/mol. The number of nitrogens with one attached hydrogen (secondary N) is 2. The Hall–Kier alpha value is -3.69. The molecule has 34 heavy (non-hydrogen) atoms. The van der Waals surface area contributed by atoms with E-state index in [1.54, 1.807) is 35.6 Å². The maximum Gasteiger partial charge on any atom is 0.253 e. The van der Waals surface area contributed by atoms with Crippen molar-refractivity contribution in [1.82, 2.24) is 19.9 Å². The van der Waals surface area contributed by atoms with Crippen LogP contribution in [0.4, 0.5) is 5.69 Å². The summed E-state index contributed by atoms with van der Waals surface area (Å²) >= 11 is 2.87. The van der Waals surface area contributed by atoms with Crippen LogP contribution in [0.25, 0.3) is 15.2 Å². The number of benzene rings is 3. The standard InChI is InChI=1S/C25H21N5O2S2/c1-16(17-9-3-2-4-10-17)26-23(32)18-11-5-6-12-19(18)27-22(31)15-33-24-28-29-25-30(24)20-13-7-8-14-21(20)34-25/h2-14,16H,15H2,1H3,(H,26,32)(H,27,31). The molecule has 3 aromatic carbocycles. The van der Waals surface area contributed by atoms with Crippen LogP contribution >= 0.6 is 23.1 Å². The molecule has 2 aromatic heterocycles. The lowest BCUT2D eigenvalue weighted by molar-refractivity contribution is -0.113. The molecule has 1 atom stereocenters. The lowest BCUT2D eigenvalue weighted by atomic mass is 10.1. The van der Waals surface area contributed by atoms with Gasteiger partial charge in [-0.05, 0) is 36.8 Å². The molecule has 0 aliphatic carbocycles. The Bertz CT molecular complexity index is 1480. The molecule has 0 radical (unpaired) electrons. The van der Waals surface area contributed by atoms with E-state index in [2.05, 4.69) is 20.8 Å². The quantitative estimate of drug-likeness (QED) is 0.309. The van der Waals surface area contributed by atoms with Crippen LogP contribution in [-0.2, 0) is 4.79 Å². The van der Waals surface area contributed by atoms with Gasteiger partial charge < -0.3 is 10.6 Å². The summed E-state index contributed by atoms with van der Waals surface area (Å²) in [6.07, 6.45) is 0. The van der Waals surface area contributed by atoms with E-state index < -0.39 is 0 Å². The molecule has 7 nitrogen and oxygen atoms in total. The zero-order chi connectivity index (χ0) is 23.5. The van der Waals surface area contributed by atoms with Gasteiger partial charge in [-0.3, -0.25) is 14.0 Å². The van der Waals surface area contributed by atoms with Gasteiger partial charge in [0.2, 0.25) is 10.9 Å². The molecule has 0 aliphatic rings. The molecule has 0 fully saturated rings. The zero-order valence-electron chi connectivity index (χ0n) is 18.3. The van der Waals surface area contributed by atoms with Crippen molar-refractivity contribution in [1.29, 1.82) is 0 Å². The minimum absolute atomic E-state index is 0.140. The fraction of sp³-hybridized carbons (Fsp3) is 0.120. The summed E-state index contributed by atoms with van der Waals surface area (Å²) in [5.74, 6) is -0.331. The van der Waals surface area contributed by atoms with Crippen molar-refractivity contribution in [3.63, 3.8) is 0 Å². The number of nitrogens with zero attached hydrogens (tertiary/aromatic N) is 3. The third kappa shape index (κ3) is 4.52. The maximum absolute atomic E-state index is 12.9. The molecular weight excluding hydrogens is 466 g/mol. The number of hydrogen-bond acceptors (Lipinski definition) is 6. The number of thioether (sulfide) groups is 1. The molecule has 9 heteroatoms. The van der Waals surface area contributed by atoms with Gasteiger partial charge in [-0.2, -0.15) is 0 Å². The van der Waals surface area contributed by atoms with Crippen molar-refractivity contribution >= 4 is 55.8 Å². The van der Waals surface area contributed by atoms with E-state index in [4.69, 9.17) is 0 Å². The maximum atomic E-state index is 12.9. The first-order valence-corrected chi connectivity index (χ1v) is 12.5. The van der Waals surface area contributed by atoms with Crippen molar-refractivity contribution in [3.05, 3.63) is 90.0 Å². The van der Waals surface area contributed by atoms with Gasteiger partial charge in [0.15, 0.2) is 5.16 Å². The first-order valence-electron chi connectivity index (χ1n) is 10.7. The van der Waals surface area contributed by atoms with Crippen LogP contribution < -0.4 is 10.6 Å². The predicted octanol–water partition coefficient (Wildman–Crippen LogP) is 5.17. The molecule has 0 saturated heterocycles. The van der Waals surface area contributed by atoms with E-state index in [-0.39, 0.29) is 23.6 Å². The topological polar surface area (TPSA) is 88.4 Å². The molecule has 0 bridgehead atoms. The summed E-state index contributed by atoms with van der Waals surface area (Å²) in [5.41, 5.74) is 2.91. The molecule has 0 saturated carbocycles. The monoisotopic (exact) mass is 487 g/mol. The summed E-state index contributed by atoms with van der Waals surface area (Å²) in [4.78, 5) is 26.5. The van der Waals surface area contributed by atoms with Crippen LogP contribution in [0, 0.1) is 0 Å². The van der Waals surface area contributed by atoms with Gasteiger partial charge in [0.05, 0.1) is 33.3 Å². The fourth-order valence-corrected chi connectivity index (χ4v) is 5.42. The van der Waals surface area contributed by atoms with Crippen molar-refractivity contribution in [3.8, 4) is 0 Å². The van der Waals surface area contributed by atoms with Crippen LogP contribution in [0.1, 0.15) is 28.9 Å². The second kappa shape index (κ2) is 9.66. The Morgan fingerprint density at radius 1 is 0.971 bits per heavy atom. The number of carbonyl (C=O) groups excluding carboxylic acids is 2. The van der Waals surface area contributed by atoms with Crippen LogP contribution in [0.2, 0.25) is 0 Å². The van der Waals surface area contributed by atoms with Gasteiger partial charge in [-0.25, -0.2) is 0 Å². The number of anilines is 1. The lowest BCUT2D eigenvalue weighted by Crippen LogP contribution is -2.28. The van der Waals surface area contributed by atoms with Crippen LogP contribution in [0.3, 0.4) is 0 Å². The van der Waals surface area contributed by atoms with Crippen molar-refractivity contribution in [2.24, 2.45) is 0 Å². The highest BCUT2D eigenvalue weighted by Gasteiger charge is 2.17. The minimum Gasteiger partial charge on any atom is -0.345 e. The fourth-order valence-electron chi connectivity index (χ4n) is 3.65. The SMILES string of the molecule is CC(NC(=O)c1ccccc1NC(=O)CSc1nnc2sc3ccccc3n12)c1ccccc1. The summed E-state index contributed by atoms with van der Waals surface area (Å²) in [6.45, 7) is 1.93. The van der Waals surface area contributed by atoms with E-state index in [1.807, 2.05) is 65.9 Å². The van der Waals surface area contributed by atoms with E-state index in [9.17, 15) is 9.59 Å². The molecular formula is C25H21N5O2S2. The van der Waals surface area contributed by atoms with Crippen molar-refractivity contribution in [2.45, 2.75) is 18.1 Å². The van der Waals surface area contributed by atoms with Gasteiger partial charge in [0.25, 0.3) is 5.91 Å². The third-order valence-corrected chi connectivity index (χ3v) is 7.28. The Balaban J connectivity index is 1.27.